The van der Waals surface area contributed by atoms with Crippen LogP contribution in [0.5, 0.6) is 0 Å². The Bertz CT molecular complexity index is 740. The van der Waals surface area contributed by atoms with Crippen molar-refractivity contribution in [3.8, 4) is 0 Å². The van der Waals surface area contributed by atoms with Crippen LogP contribution in [-0.2, 0) is 4.74 Å². The highest BCUT2D eigenvalue weighted by atomic mass is 16.5. The number of morpholine rings is 1. The van der Waals surface area contributed by atoms with Gasteiger partial charge in [0.25, 0.3) is 5.91 Å². The molecule has 0 unspecified atom stereocenters. The zero-order valence-corrected chi connectivity index (χ0v) is 15.4. The maximum atomic E-state index is 12.8. The third-order valence-electron chi connectivity index (χ3n) is 4.62. The first-order valence-electron chi connectivity index (χ1n) is 9.16. The molecule has 6 nitrogen and oxygen atoms in total. The van der Waals surface area contributed by atoms with Crippen LogP contribution in [-0.4, -0.2) is 50.3 Å². The first-order valence-corrected chi connectivity index (χ1v) is 9.16. The van der Waals surface area contributed by atoms with E-state index in [1.807, 2.05) is 30.3 Å². The Hall–Kier alpha value is -2.60. The van der Waals surface area contributed by atoms with E-state index in [-0.39, 0.29) is 5.91 Å². The number of nitrogens with one attached hydrogen (secondary N) is 1. The number of amides is 1. The molecule has 2 heterocycles. The maximum Gasteiger partial charge on any atom is 0.257 e. The second-order valence-corrected chi connectivity index (χ2v) is 6.17. The van der Waals surface area contributed by atoms with E-state index in [2.05, 4.69) is 33.9 Å². The molecule has 1 saturated heterocycles. The molecule has 1 aromatic carbocycles. The minimum Gasteiger partial charge on any atom is -0.378 e. The Morgan fingerprint density at radius 3 is 2.65 bits per heavy atom. The number of para-hydroxylation sites is 2. The second kappa shape index (κ2) is 8.67. The number of ether oxygens (including phenoxy) is 1. The summed E-state index contributed by atoms with van der Waals surface area (Å²) in [6.07, 6.45) is 3.41. The molecule has 0 bridgehead atoms. The Morgan fingerprint density at radius 1 is 1.19 bits per heavy atom. The van der Waals surface area contributed by atoms with Crippen molar-refractivity contribution in [1.29, 1.82) is 0 Å². The van der Waals surface area contributed by atoms with Gasteiger partial charge >= 0.3 is 0 Å². The average molecular weight is 354 g/mol. The quantitative estimate of drug-likeness (QED) is 0.864. The number of carbonyl (C=O) groups is 1. The van der Waals surface area contributed by atoms with Crippen molar-refractivity contribution in [2.45, 2.75) is 13.8 Å². The molecule has 0 aliphatic carbocycles. The molecule has 1 amide bonds. The molecule has 1 N–H and O–H groups in total. The number of rotatable bonds is 6. The van der Waals surface area contributed by atoms with Crippen LogP contribution in [0.25, 0.3) is 0 Å². The zero-order chi connectivity index (χ0) is 18.4. The maximum absolute atomic E-state index is 12.8. The monoisotopic (exact) mass is 354 g/mol. The first kappa shape index (κ1) is 18.2. The van der Waals surface area contributed by atoms with Gasteiger partial charge in [0.1, 0.15) is 0 Å². The third kappa shape index (κ3) is 4.14. The van der Waals surface area contributed by atoms with Crippen LogP contribution in [0.4, 0.5) is 17.1 Å². The highest BCUT2D eigenvalue weighted by Crippen LogP contribution is 2.27. The molecular formula is C20H26N4O2. The minimum absolute atomic E-state index is 0.146. The average Bonchev–Trinajstić information content (AvgIpc) is 2.70. The molecule has 26 heavy (non-hydrogen) atoms. The van der Waals surface area contributed by atoms with Crippen molar-refractivity contribution < 1.29 is 9.53 Å². The lowest BCUT2D eigenvalue weighted by Gasteiger charge is -2.30. The molecule has 2 aromatic rings. The molecule has 1 aliphatic rings. The Labute approximate surface area is 154 Å². The summed E-state index contributed by atoms with van der Waals surface area (Å²) in [5, 5.41) is 3.05. The topological polar surface area (TPSA) is 57.7 Å². The summed E-state index contributed by atoms with van der Waals surface area (Å²) in [4.78, 5) is 21.4. The van der Waals surface area contributed by atoms with Crippen LogP contribution in [0.2, 0.25) is 0 Å². The number of benzene rings is 1. The van der Waals surface area contributed by atoms with Crippen molar-refractivity contribution in [3.05, 3.63) is 48.3 Å². The van der Waals surface area contributed by atoms with Gasteiger partial charge in [-0.15, -0.1) is 0 Å². The third-order valence-corrected chi connectivity index (χ3v) is 4.62. The summed E-state index contributed by atoms with van der Waals surface area (Å²) >= 11 is 0. The molecule has 3 rings (SSSR count). The van der Waals surface area contributed by atoms with Gasteiger partial charge in [-0.1, -0.05) is 12.1 Å². The molecule has 0 atom stereocenters. The first-order chi connectivity index (χ1) is 12.7. The van der Waals surface area contributed by atoms with Crippen molar-refractivity contribution in [3.63, 3.8) is 0 Å². The zero-order valence-electron chi connectivity index (χ0n) is 15.4. The number of pyridine rings is 1. The lowest BCUT2D eigenvalue weighted by Crippen LogP contribution is -2.36. The van der Waals surface area contributed by atoms with E-state index in [0.717, 1.165) is 43.2 Å². The van der Waals surface area contributed by atoms with E-state index in [4.69, 9.17) is 4.74 Å². The summed E-state index contributed by atoms with van der Waals surface area (Å²) in [5.41, 5.74) is 3.36. The van der Waals surface area contributed by atoms with Gasteiger partial charge in [-0.3, -0.25) is 9.78 Å². The molecule has 138 valence electrons. The van der Waals surface area contributed by atoms with E-state index < -0.39 is 0 Å². The number of anilines is 3. The number of aromatic nitrogens is 1. The van der Waals surface area contributed by atoms with Gasteiger partial charge in [0.05, 0.1) is 42.0 Å². The number of hydrogen-bond acceptors (Lipinski definition) is 5. The van der Waals surface area contributed by atoms with Crippen LogP contribution in [0.3, 0.4) is 0 Å². The van der Waals surface area contributed by atoms with Crippen molar-refractivity contribution in [1.82, 2.24) is 4.98 Å². The summed E-state index contributed by atoms with van der Waals surface area (Å²) in [7, 11) is 0. The fraction of sp³-hybridized carbons (Fsp3) is 0.400. The normalized spacial score (nSPS) is 14.2. The highest BCUT2D eigenvalue weighted by Gasteiger charge is 2.17. The molecule has 0 radical (unpaired) electrons. The van der Waals surface area contributed by atoms with Gasteiger partial charge in [-0.05, 0) is 32.0 Å². The van der Waals surface area contributed by atoms with Crippen molar-refractivity contribution >= 4 is 23.0 Å². The van der Waals surface area contributed by atoms with E-state index >= 15 is 0 Å². The Kier molecular flexibility index (Phi) is 6.07. The standard InChI is InChI=1S/C20H26N4O2/c1-3-23(4-2)17-13-16(14-21-15-17)20(25)22-18-7-5-6-8-19(18)24-9-11-26-12-10-24/h5-8,13-15H,3-4,9-12H2,1-2H3,(H,22,25). The number of carbonyl (C=O) groups excluding carboxylic acids is 1. The van der Waals surface area contributed by atoms with Gasteiger partial charge in [0.2, 0.25) is 0 Å². The predicted octanol–water partition coefficient (Wildman–Crippen LogP) is 3.02. The van der Waals surface area contributed by atoms with E-state index in [9.17, 15) is 4.79 Å². The van der Waals surface area contributed by atoms with E-state index in [1.165, 1.54) is 0 Å². The van der Waals surface area contributed by atoms with Gasteiger partial charge in [0, 0.05) is 32.4 Å². The largest absolute Gasteiger partial charge is 0.378 e. The molecule has 1 aromatic heterocycles. The SMILES string of the molecule is CCN(CC)c1cncc(C(=O)Nc2ccccc2N2CCOCC2)c1. The van der Waals surface area contributed by atoms with Gasteiger partial charge in [0.15, 0.2) is 0 Å². The van der Waals surface area contributed by atoms with Gasteiger partial charge < -0.3 is 19.9 Å². The van der Waals surface area contributed by atoms with E-state index in [0.29, 0.717) is 18.8 Å². The Morgan fingerprint density at radius 2 is 1.92 bits per heavy atom. The molecule has 1 aliphatic heterocycles. The van der Waals surface area contributed by atoms with Crippen molar-refractivity contribution in [2.24, 2.45) is 0 Å². The summed E-state index contributed by atoms with van der Waals surface area (Å²) in [6, 6.07) is 9.79. The summed E-state index contributed by atoms with van der Waals surface area (Å²) < 4.78 is 5.43. The lowest BCUT2D eigenvalue weighted by molar-refractivity contribution is 0.102. The number of nitrogens with zero attached hydrogens (tertiary/aromatic N) is 3. The molecule has 0 saturated carbocycles. The fourth-order valence-corrected chi connectivity index (χ4v) is 3.17. The van der Waals surface area contributed by atoms with Gasteiger partial charge in [-0.25, -0.2) is 0 Å². The highest BCUT2D eigenvalue weighted by molar-refractivity contribution is 6.06. The molecular weight excluding hydrogens is 328 g/mol. The van der Waals surface area contributed by atoms with Crippen LogP contribution >= 0.6 is 0 Å². The van der Waals surface area contributed by atoms with E-state index in [1.54, 1.807) is 12.4 Å². The number of hydrogen-bond donors (Lipinski definition) is 1. The van der Waals surface area contributed by atoms with Gasteiger partial charge in [-0.2, -0.15) is 0 Å². The Balaban J connectivity index is 1.79. The summed E-state index contributed by atoms with van der Waals surface area (Å²) in [6.45, 7) is 9.00. The van der Waals surface area contributed by atoms with Crippen molar-refractivity contribution in [2.75, 3.05) is 54.5 Å². The summed E-state index contributed by atoms with van der Waals surface area (Å²) in [5.74, 6) is -0.146. The smallest absolute Gasteiger partial charge is 0.257 e. The molecule has 0 spiro atoms. The molecule has 6 heteroatoms. The van der Waals surface area contributed by atoms with Crippen LogP contribution < -0.4 is 15.1 Å². The minimum atomic E-state index is -0.146. The molecule has 1 fully saturated rings. The predicted molar refractivity (Wildman–Crippen MR) is 105 cm³/mol. The second-order valence-electron chi connectivity index (χ2n) is 6.17. The van der Waals surface area contributed by atoms with Crippen LogP contribution in [0.1, 0.15) is 24.2 Å². The van der Waals surface area contributed by atoms with Crippen LogP contribution in [0.15, 0.2) is 42.7 Å². The lowest BCUT2D eigenvalue weighted by atomic mass is 10.2. The fourth-order valence-electron chi connectivity index (χ4n) is 3.17. The van der Waals surface area contributed by atoms with Crippen LogP contribution in [0, 0.1) is 0 Å².